The summed E-state index contributed by atoms with van der Waals surface area (Å²) in [5, 5.41) is 4.37. The minimum atomic E-state index is -3.10. The molecule has 0 spiro atoms. The van der Waals surface area contributed by atoms with Crippen molar-refractivity contribution in [2.45, 2.75) is 39.2 Å². The van der Waals surface area contributed by atoms with Gasteiger partial charge >= 0.3 is 0 Å². The molecule has 1 saturated heterocycles. The zero-order valence-corrected chi connectivity index (χ0v) is 15.7. The molecule has 3 rings (SSSR count). The highest BCUT2D eigenvalue weighted by Crippen LogP contribution is 2.24. The Morgan fingerprint density at radius 2 is 2.12 bits per heavy atom. The topological polar surface area (TPSA) is 68.1 Å². The third kappa shape index (κ3) is 4.46. The van der Waals surface area contributed by atoms with E-state index in [4.69, 9.17) is 0 Å². The minimum Gasteiger partial charge on any atom is -0.263 e. The van der Waals surface area contributed by atoms with Gasteiger partial charge in [-0.1, -0.05) is 6.92 Å². The summed E-state index contributed by atoms with van der Waals surface area (Å²) < 4.78 is 27.2. The molecular formula is C18H26N4O2S. The average Bonchev–Trinajstić information content (AvgIpc) is 3.03. The van der Waals surface area contributed by atoms with Crippen LogP contribution in [0.25, 0.3) is 11.4 Å². The van der Waals surface area contributed by atoms with Crippen LogP contribution >= 0.6 is 0 Å². The molecule has 6 nitrogen and oxygen atoms in total. The fraction of sp³-hybridized carbons (Fsp3) is 0.556. The van der Waals surface area contributed by atoms with E-state index in [1.807, 2.05) is 29.2 Å². The first-order valence-corrected chi connectivity index (χ1v) is 10.7. The summed E-state index contributed by atoms with van der Waals surface area (Å²) in [6, 6.07) is 6.14. The molecule has 7 heteroatoms. The Morgan fingerprint density at radius 1 is 1.28 bits per heavy atom. The first-order valence-electron chi connectivity index (χ1n) is 8.89. The van der Waals surface area contributed by atoms with Gasteiger partial charge in [0.25, 0.3) is 0 Å². The predicted octanol–water partition coefficient (Wildman–Crippen LogP) is 2.57. The molecule has 2 aromatic rings. The normalized spacial score (nSPS) is 19.2. The second-order valence-electron chi connectivity index (χ2n) is 6.82. The average molecular weight is 362 g/mol. The van der Waals surface area contributed by atoms with Crippen molar-refractivity contribution < 1.29 is 8.42 Å². The lowest BCUT2D eigenvalue weighted by atomic mass is 9.92. The first kappa shape index (κ1) is 18.1. The van der Waals surface area contributed by atoms with Gasteiger partial charge in [0.2, 0.25) is 10.0 Å². The van der Waals surface area contributed by atoms with E-state index in [9.17, 15) is 8.42 Å². The van der Waals surface area contributed by atoms with Crippen LogP contribution in [0.15, 0.2) is 30.6 Å². The molecule has 0 saturated carbocycles. The zero-order valence-electron chi connectivity index (χ0n) is 14.9. The van der Waals surface area contributed by atoms with Gasteiger partial charge in [0.1, 0.15) is 0 Å². The maximum absolute atomic E-state index is 11.8. The van der Waals surface area contributed by atoms with Gasteiger partial charge in [-0.2, -0.15) is 5.10 Å². The Labute approximate surface area is 149 Å². The molecular weight excluding hydrogens is 336 g/mol. The summed E-state index contributed by atoms with van der Waals surface area (Å²) in [7, 11) is -3.10. The fourth-order valence-electron chi connectivity index (χ4n) is 3.51. The molecule has 25 heavy (non-hydrogen) atoms. The van der Waals surface area contributed by atoms with Crippen molar-refractivity contribution in [2.24, 2.45) is 5.92 Å². The van der Waals surface area contributed by atoms with Crippen molar-refractivity contribution in [1.82, 2.24) is 19.1 Å². The van der Waals surface area contributed by atoms with Crippen LogP contribution in [0.1, 0.15) is 31.7 Å². The van der Waals surface area contributed by atoms with Crippen molar-refractivity contribution in [3.8, 4) is 11.4 Å². The maximum Gasteiger partial charge on any atom is 0.211 e. The molecule has 1 aliphatic heterocycles. The highest BCUT2D eigenvalue weighted by molar-refractivity contribution is 7.88. The van der Waals surface area contributed by atoms with E-state index in [-0.39, 0.29) is 0 Å². The van der Waals surface area contributed by atoms with Crippen LogP contribution in [-0.2, 0) is 23.0 Å². The lowest BCUT2D eigenvalue weighted by molar-refractivity contribution is 0.267. The number of hydrogen-bond acceptors (Lipinski definition) is 4. The molecule has 2 aromatic heterocycles. The molecule has 1 atom stereocenters. The van der Waals surface area contributed by atoms with Crippen molar-refractivity contribution >= 4 is 10.0 Å². The van der Waals surface area contributed by atoms with Crippen LogP contribution < -0.4 is 0 Å². The van der Waals surface area contributed by atoms with Crippen LogP contribution in [0, 0.1) is 5.92 Å². The molecule has 0 aliphatic carbocycles. The number of aromatic nitrogens is 3. The molecule has 0 N–H and O–H groups in total. The van der Waals surface area contributed by atoms with Gasteiger partial charge < -0.3 is 0 Å². The van der Waals surface area contributed by atoms with Crippen LogP contribution in [0.5, 0.6) is 0 Å². The van der Waals surface area contributed by atoms with Gasteiger partial charge in [0, 0.05) is 32.0 Å². The SMILES string of the molecule is CCCn1nccc1-c1cc(CC2CCCN(S(C)(=O)=O)C2)ccn1. The van der Waals surface area contributed by atoms with Crippen LogP contribution in [0.4, 0.5) is 0 Å². The van der Waals surface area contributed by atoms with Crippen molar-refractivity contribution in [1.29, 1.82) is 0 Å². The Kier molecular flexibility index (Phi) is 5.54. The molecule has 136 valence electrons. The number of rotatable bonds is 6. The third-order valence-electron chi connectivity index (χ3n) is 4.71. The second kappa shape index (κ2) is 7.66. The standard InChI is InChI=1S/C18H26N4O2S/c1-3-10-22-18(7-9-20-22)17-13-15(6-8-19-17)12-16-5-4-11-21(14-16)25(2,23)24/h6-9,13,16H,3-5,10-12,14H2,1-2H3. The second-order valence-corrected chi connectivity index (χ2v) is 8.80. The van der Waals surface area contributed by atoms with Crippen LogP contribution in [0.2, 0.25) is 0 Å². The molecule has 3 heterocycles. The zero-order chi connectivity index (χ0) is 17.9. The van der Waals surface area contributed by atoms with Gasteiger partial charge in [-0.15, -0.1) is 0 Å². The number of pyridine rings is 1. The Bertz CT molecular complexity index is 816. The first-order chi connectivity index (χ1) is 12.0. The van der Waals surface area contributed by atoms with E-state index in [1.165, 1.54) is 11.8 Å². The Balaban J connectivity index is 1.75. The molecule has 1 fully saturated rings. The molecule has 0 amide bonds. The van der Waals surface area contributed by atoms with Gasteiger partial charge in [-0.05, 0) is 55.4 Å². The van der Waals surface area contributed by atoms with E-state index >= 15 is 0 Å². The van der Waals surface area contributed by atoms with E-state index in [0.717, 1.165) is 43.6 Å². The van der Waals surface area contributed by atoms with Crippen molar-refractivity contribution in [3.63, 3.8) is 0 Å². The number of nitrogens with zero attached hydrogens (tertiary/aromatic N) is 4. The number of hydrogen-bond donors (Lipinski definition) is 0. The van der Waals surface area contributed by atoms with Crippen molar-refractivity contribution in [3.05, 3.63) is 36.2 Å². The van der Waals surface area contributed by atoms with E-state index in [0.29, 0.717) is 19.0 Å². The van der Waals surface area contributed by atoms with Crippen LogP contribution in [-0.4, -0.2) is 46.8 Å². The highest BCUT2D eigenvalue weighted by atomic mass is 32.2. The smallest absolute Gasteiger partial charge is 0.211 e. The van der Waals surface area contributed by atoms with E-state index in [2.05, 4.69) is 23.1 Å². The largest absolute Gasteiger partial charge is 0.263 e. The minimum absolute atomic E-state index is 0.360. The fourth-order valence-corrected chi connectivity index (χ4v) is 4.45. The third-order valence-corrected chi connectivity index (χ3v) is 5.98. The van der Waals surface area contributed by atoms with Gasteiger partial charge in [0.05, 0.1) is 17.6 Å². The quantitative estimate of drug-likeness (QED) is 0.792. The molecule has 1 unspecified atom stereocenters. The molecule has 0 aromatic carbocycles. The van der Waals surface area contributed by atoms with Gasteiger partial charge in [-0.3, -0.25) is 9.67 Å². The van der Waals surface area contributed by atoms with E-state index in [1.54, 1.807) is 4.31 Å². The van der Waals surface area contributed by atoms with Crippen molar-refractivity contribution in [2.75, 3.05) is 19.3 Å². The monoisotopic (exact) mass is 362 g/mol. The maximum atomic E-state index is 11.8. The predicted molar refractivity (Wildman–Crippen MR) is 98.6 cm³/mol. The van der Waals surface area contributed by atoms with E-state index < -0.39 is 10.0 Å². The summed E-state index contributed by atoms with van der Waals surface area (Å²) >= 11 is 0. The molecule has 0 radical (unpaired) electrons. The lowest BCUT2D eigenvalue weighted by Crippen LogP contribution is -2.39. The summed E-state index contributed by atoms with van der Waals surface area (Å²) in [6.07, 6.45) is 8.85. The molecule has 1 aliphatic rings. The number of piperidine rings is 1. The van der Waals surface area contributed by atoms with Crippen LogP contribution in [0.3, 0.4) is 0 Å². The Hall–Kier alpha value is -1.73. The van der Waals surface area contributed by atoms with Gasteiger partial charge in [-0.25, -0.2) is 12.7 Å². The highest BCUT2D eigenvalue weighted by Gasteiger charge is 2.26. The summed E-state index contributed by atoms with van der Waals surface area (Å²) in [6.45, 7) is 4.27. The Morgan fingerprint density at radius 3 is 2.88 bits per heavy atom. The summed E-state index contributed by atoms with van der Waals surface area (Å²) in [4.78, 5) is 4.50. The number of aryl methyl sites for hydroxylation is 1. The summed E-state index contributed by atoms with van der Waals surface area (Å²) in [5.74, 6) is 0.360. The lowest BCUT2D eigenvalue weighted by Gasteiger charge is -2.31. The van der Waals surface area contributed by atoms with Gasteiger partial charge in [0.15, 0.2) is 0 Å². The summed E-state index contributed by atoms with van der Waals surface area (Å²) in [5.41, 5.74) is 3.17. The number of sulfonamides is 1. The molecule has 0 bridgehead atoms.